The van der Waals surface area contributed by atoms with Gasteiger partial charge in [0.1, 0.15) is 0 Å². The van der Waals surface area contributed by atoms with Crippen molar-refractivity contribution in [1.29, 1.82) is 0 Å². The Morgan fingerprint density at radius 2 is 1.77 bits per heavy atom. The van der Waals surface area contributed by atoms with Gasteiger partial charge in [-0.1, -0.05) is 0 Å². The van der Waals surface area contributed by atoms with Crippen molar-refractivity contribution >= 4 is 13.6 Å². The average molecular weight is 214 g/mol. The molecule has 0 heterocycles. The molecule has 0 fully saturated rings. The van der Waals surface area contributed by atoms with Gasteiger partial charge in [0, 0.05) is 4.53 Å². The third-order valence-corrected chi connectivity index (χ3v) is 3.01. The highest BCUT2D eigenvalue weighted by Crippen LogP contribution is 2.47. The molecule has 5 nitrogen and oxygen atoms in total. The first-order valence-corrected chi connectivity index (χ1v) is 5.50. The van der Waals surface area contributed by atoms with E-state index in [1.165, 1.54) is 0 Å². The van der Waals surface area contributed by atoms with E-state index in [2.05, 4.69) is 4.94 Å². The van der Waals surface area contributed by atoms with Crippen LogP contribution in [0.4, 0.5) is 4.53 Å². The molecule has 0 aromatic heterocycles. The minimum absolute atomic E-state index is 0.122. The molecular formula is C6H12FO5P. The van der Waals surface area contributed by atoms with Crippen LogP contribution in [0.3, 0.4) is 0 Å². The molecule has 0 atom stereocenters. The molecule has 0 aromatic carbocycles. The summed E-state index contributed by atoms with van der Waals surface area (Å²) >= 11 is 0. The van der Waals surface area contributed by atoms with E-state index < -0.39 is 19.7 Å². The van der Waals surface area contributed by atoms with Crippen molar-refractivity contribution in [2.45, 2.75) is 13.8 Å². The van der Waals surface area contributed by atoms with Crippen molar-refractivity contribution in [3.05, 3.63) is 0 Å². The zero-order valence-corrected chi connectivity index (χ0v) is 8.38. The Hall–Kier alpha value is -0.450. The molecule has 0 radical (unpaired) electrons. The minimum atomic E-state index is -3.51. The lowest BCUT2D eigenvalue weighted by atomic mass is 10.8. The van der Waals surface area contributed by atoms with E-state index in [1.807, 2.05) is 0 Å². The van der Waals surface area contributed by atoms with Gasteiger partial charge in [-0.3, -0.25) is 9.51 Å². The molecule has 0 aliphatic heterocycles. The van der Waals surface area contributed by atoms with Gasteiger partial charge in [0.25, 0.3) is 0 Å². The van der Waals surface area contributed by atoms with Crippen molar-refractivity contribution in [1.82, 2.24) is 0 Å². The number of carbonyl (C=O) groups excluding carboxylic acids is 1. The van der Waals surface area contributed by atoms with Crippen LogP contribution >= 0.6 is 7.60 Å². The maximum Gasteiger partial charge on any atom is 0.360 e. The van der Waals surface area contributed by atoms with Crippen LogP contribution in [-0.4, -0.2) is 25.3 Å². The maximum absolute atomic E-state index is 11.5. The quantitative estimate of drug-likeness (QED) is 0.629. The molecule has 0 rings (SSSR count). The van der Waals surface area contributed by atoms with Gasteiger partial charge in [-0.2, -0.15) is 0 Å². The summed E-state index contributed by atoms with van der Waals surface area (Å²) in [6, 6.07) is 0. The summed E-state index contributed by atoms with van der Waals surface area (Å²) in [5.41, 5.74) is 0. The zero-order valence-electron chi connectivity index (χ0n) is 7.49. The lowest BCUT2D eigenvalue weighted by Gasteiger charge is -2.14. The minimum Gasteiger partial charge on any atom is -0.308 e. The predicted octanol–water partition coefficient (Wildman–Crippen LogP) is 1.68. The SMILES string of the molecule is CCOP(=O)(CC(=O)OF)OCC. The fourth-order valence-corrected chi connectivity index (χ4v) is 2.11. The molecule has 0 unspecified atom stereocenters. The summed E-state index contributed by atoms with van der Waals surface area (Å²) in [6.45, 7) is 3.42. The maximum atomic E-state index is 11.5. The van der Waals surface area contributed by atoms with Crippen molar-refractivity contribution in [3.8, 4) is 0 Å². The first kappa shape index (κ1) is 12.6. The number of carbonyl (C=O) groups is 1. The molecule has 0 saturated heterocycles. The van der Waals surface area contributed by atoms with Crippen LogP contribution in [-0.2, 0) is 23.3 Å². The van der Waals surface area contributed by atoms with Gasteiger partial charge in [0.05, 0.1) is 13.2 Å². The van der Waals surface area contributed by atoms with Crippen molar-refractivity contribution in [3.63, 3.8) is 0 Å². The third-order valence-electron chi connectivity index (χ3n) is 1.06. The molecule has 0 spiro atoms. The van der Waals surface area contributed by atoms with E-state index in [4.69, 9.17) is 9.05 Å². The highest BCUT2D eigenvalue weighted by Gasteiger charge is 2.28. The Balaban J connectivity index is 4.23. The van der Waals surface area contributed by atoms with Crippen LogP contribution in [0.15, 0.2) is 0 Å². The molecule has 0 N–H and O–H groups in total. The summed E-state index contributed by atoms with van der Waals surface area (Å²) < 4.78 is 32.2. The smallest absolute Gasteiger partial charge is 0.308 e. The molecule has 0 amide bonds. The van der Waals surface area contributed by atoms with Gasteiger partial charge in [0.15, 0.2) is 6.16 Å². The van der Waals surface area contributed by atoms with Gasteiger partial charge in [0.2, 0.25) is 0 Å². The van der Waals surface area contributed by atoms with Gasteiger partial charge in [-0.15, -0.1) is 0 Å². The molecule has 78 valence electrons. The van der Waals surface area contributed by atoms with Crippen molar-refractivity contribution in [2.24, 2.45) is 0 Å². The standard InChI is InChI=1S/C6H12FO5P/c1-3-10-13(9,11-4-2)5-6(8)12-7/h3-5H2,1-2H3. The first-order chi connectivity index (χ1) is 6.08. The Morgan fingerprint density at radius 3 is 2.08 bits per heavy atom. The fraction of sp³-hybridized carbons (Fsp3) is 0.833. The second-order valence-electron chi connectivity index (χ2n) is 2.05. The fourth-order valence-electron chi connectivity index (χ4n) is 0.704. The van der Waals surface area contributed by atoms with Crippen molar-refractivity contribution < 1.29 is 27.9 Å². The molecule has 0 aromatic rings. The summed E-state index contributed by atoms with van der Waals surface area (Å²) in [5, 5.41) is 0. The predicted molar refractivity (Wildman–Crippen MR) is 42.9 cm³/mol. The number of rotatable bonds is 6. The summed E-state index contributed by atoms with van der Waals surface area (Å²) in [6.07, 6.45) is -0.703. The highest BCUT2D eigenvalue weighted by molar-refractivity contribution is 7.54. The number of hydrogen-bond acceptors (Lipinski definition) is 5. The second kappa shape index (κ2) is 6.07. The summed E-state index contributed by atoms with van der Waals surface area (Å²) in [7, 11) is -3.51. The van der Waals surface area contributed by atoms with Gasteiger partial charge >= 0.3 is 13.6 Å². The molecule has 0 aliphatic carbocycles. The Morgan fingerprint density at radius 1 is 1.31 bits per heavy atom. The van der Waals surface area contributed by atoms with Crippen LogP contribution in [0.2, 0.25) is 0 Å². The van der Waals surface area contributed by atoms with Crippen LogP contribution in [0.1, 0.15) is 13.8 Å². The lowest BCUT2D eigenvalue weighted by molar-refractivity contribution is -0.180. The van der Waals surface area contributed by atoms with Crippen LogP contribution in [0.5, 0.6) is 0 Å². The molecule has 0 saturated carbocycles. The van der Waals surface area contributed by atoms with E-state index in [9.17, 15) is 13.9 Å². The van der Waals surface area contributed by atoms with E-state index in [0.717, 1.165) is 0 Å². The van der Waals surface area contributed by atoms with Crippen LogP contribution in [0, 0.1) is 0 Å². The Labute approximate surface area is 75.6 Å². The Kier molecular flexibility index (Phi) is 5.86. The molecule has 13 heavy (non-hydrogen) atoms. The second-order valence-corrected chi connectivity index (χ2v) is 4.11. The van der Waals surface area contributed by atoms with E-state index in [0.29, 0.717) is 0 Å². The molecule has 0 bridgehead atoms. The normalized spacial score (nSPS) is 11.3. The number of halogens is 1. The average Bonchev–Trinajstić information content (AvgIpc) is 2.04. The van der Waals surface area contributed by atoms with E-state index in [1.54, 1.807) is 13.8 Å². The highest BCUT2D eigenvalue weighted by atomic mass is 31.2. The van der Waals surface area contributed by atoms with Crippen molar-refractivity contribution in [2.75, 3.05) is 19.4 Å². The van der Waals surface area contributed by atoms with Crippen LogP contribution in [0.25, 0.3) is 0 Å². The summed E-state index contributed by atoms with van der Waals surface area (Å²) in [4.78, 5) is 13.3. The van der Waals surface area contributed by atoms with Crippen LogP contribution < -0.4 is 0 Å². The topological polar surface area (TPSA) is 61.8 Å². The summed E-state index contributed by atoms with van der Waals surface area (Å²) in [5.74, 6) is -1.26. The number of hydrogen-bond donors (Lipinski definition) is 0. The molecule has 0 aliphatic rings. The molecule has 7 heteroatoms. The zero-order chi connectivity index (χ0) is 10.3. The van der Waals surface area contributed by atoms with E-state index in [-0.39, 0.29) is 13.2 Å². The molecular weight excluding hydrogens is 202 g/mol. The monoisotopic (exact) mass is 214 g/mol. The van der Waals surface area contributed by atoms with E-state index >= 15 is 0 Å². The third kappa shape index (κ3) is 4.98. The Bertz CT molecular complexity index is 197. The van der Waals surface area contributed by atoms with Gasteiger partial charge in [-0.05, 0) is 13.8 Å². The lowest BCUT2D eigenvalue weighted by Crippen LogP contribution is -2.09. The van der Waals surface area contributed by atoms with Gasteiger partial charge in [-0.25, -0.2) is 4.79 Å². The largest absolute Gasteiger partial charge is 0.360 e. The first-order valence-electron chi connectivity index (χ1n) is 3.77. The van der Waals surface area contributed by atoms with Gasteiger partial charge < -0.3 is 9.05 Å².